The van der Waals surface area contributed by atoms with Gasteiger partial charge in [-0.2, -0.15) is 0 Å². The topological polar surface area (TPSA) is 41.6 Å². The van der Waals surface area contributed by atoms with Gasteiger partial charge in [-0.1, -0.05) is 25.5 Å². The number of nitrogens with one attached hydrogen (secondary N) is 1. The van der Waals surface area contributed by atoms with E-state index in [2.05, 4.69) is 23.2 Å². The third kappa shape index (κ3) is 5.23. The lowest BCUT2D eigenvalue weighted by Gasteiger charge is -2.35. The quantitative estimate of drug-likeness (QED) is 0.720. The second-order valence-corrected chi connectivity index (χ2v) is 7.69. The van der Waals surface area contributed by atoms with E-state index in [-0.39, 0.29) is 12.5 Å². The van der Waals surface area contributed by atoms with E-state index in [1.54, 1.807) is 0 Å². The maximum Gasteiger partial charge on any atom is 0.257 e. The Labute approximate surface area is 158 Å². The van der Waals surface area contributed by atoms with E-state index in [1.807, 2.05) is 12.1 Å². The molecule has 1 amide bonds. The molecule has 2 aliphatic rings. The van der Waals surface area contributed by atoms with E-state index in [0.29, 0.717) is 0 Å². The Morgan fingerprint density at radius 2 is 2.12 bits per heavy atom. The molecule has 0 spiro atoms. The number of fused-ring (bicyclic) bond motifs is 1. The normalized spacial score (nSPS) is 20.4. The highest BCUT2D eigenvalue weighted by atomic mass is 16.5. The molecule has 1 aromatic carbocycles. The van der Waals surface area contributed by atoms with Gasteiger partial charge in [0, 0.05) is 19.1 Å². The monoisotopic (exact) mass is 358 g/mol. The molecule has 1 heterocycles. The fourth-order valence-corrected chi connectivity index (χ4v) is 4.40. The van der Waals surface area contributed by atoms with Crippen molar-refractivity contribution in [1.29, 1.82) is 0 Å². The molecule has 1 aromatic rings. The number of ether oxygens (including phenoxy) is 1. The summed E-state index contributed by atoms with van der Waals surface area (Å²) in [6, 6.07) is 6.97. The summed E-state index contributed by atoms with van der Waals surface area (Å²) in [5.41, 5.74) is 2.70. The van der Waals surface area contributed by atoms with Crippen LogP contribution >= 0.6 is 0 Å². The van der Waals surface area contributed by atoms with Crippen molar-refractivity contribution in [2.45, 2.75) is 70.8 Å². The maximum atomic E-state index is 12.1. The van der Waals surface area contributed by atoms with Crippen molar-refractivity contribution in [3.63, 3.8) is 0 Å². The predicted octanol–water partition coefficient (Wildman–Crippen LogP) is 3.72. The predicted molar refractivity (Wildman–Crippen MR) is 106 cm³/mol. The highest BCUT2D eigenvalue weighted by molar-refractivity contribution is 5.77. The van der Waals surface area contributed by atoms with Crippen LogP contribution in [0, 0.1) is 0 Å². The van der Waals surface area contributed by atoms with E-state index in [4.69, 9.17) is 4.74 Å². The molecule has 144 valence electrons. The fourth-order valence-electron chi connectivity index (χ4n) is 4.40. The Kier molecular flexibility index (Phi) is 7.36. The number of aryl methyl sites for hydroxylation is 1. The number of nitrogens with zero attached hydrogens (tertiary/aromatic N) is 1. The summed E-state index contributed by atoms with van der Waals surface area (Å²) in [7, 11) is 0. The van der Waals surface area contributed by atoms with Gasteiger partial charge in [0.25, 0.3) is 5.91 Å². The van der Waals surface area contributed by atoms with Crippen molar-refractivity contribution < 1.29 is 9.53 Å². The second-order valence-electron chi connectivity index (χ2n) is 7.69. The zero-order valence-corrected chi connectivity index (χ0v) is 16.3. The molecule has 26 heavy (non-hydrogen) atoms. The number of carbonyl (C=O) groups is 1. The molecule has 4 nitrogen and oxygen atoms in total. The maximum absolute atomic E-state index is 12.1. The van der Waals surface area contributed by atoms with Crippen LogP contribution in [0.5, 0.6) is 5.75 Å². The van der Waals surface area contributed by atoms with Crippen LogP contribution in [-0.4, -0.2) is 43.1 Å². The first-order valence-corrected chi connectivity index (χ1v) is 10.5. The van der Waals surface area contributed by atoms with Crippen LogP contribution in [0.3, 0.4) is 0 Å². The molecule has 1 fully saturated rings. The standard InChI is InChI=1S/C22H34N2O2/c1-2-19-11-5-6-15-24(19)16-8-14-23-22(25)17-26-21-13-7-10-18-9-3-4-12-20(18)21/h7,10,13,19H,2-6,8-9,11-12,14-17H2,1H3,(H,23,25)/t19-/m1/s1. The number of carbonyl (C=O) groups excluding carboxylic acids is 1. The van der Waals surface area contributed by atoms with Crippen LogP contribution < -0.4 is 10.1 Å². The van der Waals surface area contributed by atoms with Gasteiger partial charge < -0.3 is 15.0 Å². The fraction of sp³-hybridized carbons (Fsp3) is 0.682. The molecular formula is C22H34N2O2. The molecule has 1 saturated heterocycles. The van der Waals surface area contributed by atoms with Crippen molar-refractivity contribution in [3.8, 4) is 5.75 Å². The van der Waals surface area contributed by atoms with Gasteiger partial charge in [0.2, 0.25) is 0 Å². The van der Waals surface area contributed by atoms with E-state index < -0.39 is 0 Å². The van der Waals surface area contributed by atoms with E-state index in [1.165, 1.54) is 56.2 Å². The Balaban J connectivity index is 1.36. The first-order valence-electron chi connectivity index (χ1n) is 10.5. The first kappa shape index (κ1) is 19.2. The van der Waals surface area contributed by atoms with Crippen molar-refractivity contribution in [1.82, 2.24) is 10.2 Å². The lowest BCUT2D eigenvalue weighted by molar-refractivity contribution is -0.123. The first-order chi connectivity index (χ1) is 12.8. The van der Waals surface area contributed by atoms with E-state index >= 15 is 0 Å². The average molecular weight is 359 g/mol. The summed E-state index contributed by atoms with van der Waals surface area (Å²) < 4.78 is 5.83. The van der Waals surface area contributed by atoms with Crippen LogP contribution in [0.4, 0.5) is 0 Å². The zero-order chi connectivity index (χ0) is 18.2. The number of likely N-dealkylation sites (tertiary alicyclic amines) is 1. The molecule has 0 unspecified atom stereocenters. The van der Waals surface area contributed by atoms with Gasteiger partial charge in [0.05, 0.1) is 0 Å². The molecule has 4 heteroatoms. The van der Waals surface area contributed by atoms with E-state index in [0.717, 1.165) is 44.1 Å². The van der Waals surface area contributed by atoms with Crippen LogP contribution in [0.1, 0.15) is 63.0 Å². The van der Waals surface area contributed by atoms with Gasteiger partial charge in [-0.25, -0.2) is 0 Å². The summed E-state index contributed by atoms with van der Waals surface area (Å²) in [4.78, 5) is 14.7. The Morgan fingerprint density at radius 3 is 3.00 bits per heavy atom. The van der Waals surface area contributed by atoms with Crippen molar-refractivity contribution in [2.24, 2.45) is 0 Å². The summed E-state index contributed by atoms with van der Waals surface area (Å²) in [6.45, 7) is 5.45. The van der Waals surface area contributed by atoms with Crippen molar-refractivity contribution in [2.75, 3.05) is 26.2 Å². The Morgan fingerprint density at radius 1 is 1.23 bits per heavy atom. The second kappa shape index (κ2) is 9.96. The molecule has 0 radical (unpaired) electrons. The van der Waals surface area contributed by atoms with Gasteiger partial charge >= 0.3 is 0 Å². The molecule has 0 saturated carbocycles. The largest absolute Gasteiger partial charge is 0.483 e. The zero-order valence-electron chi connectivity index (χ0n) is 16.3. The number of rotatable bonds is 8. The average Bonchev–Trinajstić information content (AvgIpc) is 2.70. The number of amides is 1. The molecule has 0 bridgehead atoms. The minimum Gasteiger partial charge on any atom is -0.483 e. The number of hydrogen-bond donors (Lipinski definition) is 1. The third-order valence-electron chi connectivity index (χ3n) is 5.88. The molecule has 1 aliphatic carbocycles. The summed E-state index contributed by atoms with van der Waals surface area (Å²) >= 11 is 0. The molecule has 1 atom stereocenters. The highest BCUT2D eigenvalue weighted by Crippen LogP contribution is 2.29. The molecular weight excluding hydrogens is 324 g/mol. The van der Waals surface area contributed by atoms with E-state index in [9.17, 15) is 4.79 Å². The van der Waals surface area contributed by atoms with Gasteiger partial charge in [-0.15, -0.1) is 0 Å². The lowest BCUT2D eigenvalue weighted by atomic mass is 9.91. The van der Waals surface area contributed by atoms with Crippen molar-refractivity contribution in [3.05, 3.63) is 29.3 Å². The smallest absolute Gasteiger partial charge is 0.257 e. The Bertz CT molecular complexity index is 588. The number of piperidine rings is 1. The summed E-state index contributed by atoms with van der Waals surface area (Å²) in [5, 5.41) is 3.01. The summed E-state index contributed by atoms with van der Waals surface area (Å²) in [6.07, 6.45) is 10.9. The number of hydrogen-bond acceptors (Lipinski definition) is 3. The van der Waals surface area contributed by atoms with Gasteiger partial charge in [0.1, 0.15) is 5.75 Å². The third-order valence-corrected chi connectivity index (χ3v) is 5.88. The van der Waals surface area contributed by atoms with Crippen molar-refractivity contribution >= 4 is 5.91 Å². The Hall–Kier alpha value is -1.55. The van der Waals surface area contributed by atoms with Crippen LogP contribution in [-0.2, 0) is 17.6 Å². The van der Waals surface area contributed by atoms with Gasteiger partial charge in [-0.3, -0.25) is 4.79 Å². The molecule has 1 N–H and O–H groups in total. The van der Waals surface area contributed by atoms with Crippen LogP contribution in [0.15, 0.2) is 18.2 Å². The molecule has 1 aliphatic heterocycles. The minimum atomic E-state index is -0.0101. The van der Waals surface area contributed by atoms with Crippen LogP contribution in [0.25, 0.3) is 0 Å². The van der Waals surface area contributed by atoms with Gasteiger partial charge in [-0.05, 0) is 75.1 Å². The lowest BCUT2D eigenvalue weighted by Crippen LogP contribution is -2.41. The number of benzene rings is 1. The molecule has 3 rings (SSSR count). The SMILES string of the molecule is CC[C@@H]1CCCCN1CCCNC(=O)COc1cccc2c1CCCC2. The molecule has 0 aromatic heterocycles. The summed E-state index contributed by atoms with van der Waals surface area (Å²) in [5.74, 6) is 0.889. The van der Waals surface area contributed by atoms with Crippen LogP contribution in [0.2, 0.25) is 0 Å². The van der Waals surface area contributed by atoms with Gasteiger partial charge in [0.15, 0.2) is 6.61 Å². The minimum absolute atomic E-state index is 0.0101. The highest BCUT2D eigenvalue weighted by Gasteiger charge is 2.20.